The maximum absolute atomic E-state index is 11.5. The molecule has 1 amide bonds. The highest BCUT2D eigenvalue weighted by atomic mass is 16.5. The van der Waals surface area contributed by atoms with Crippen molar-refractivity contribution in [2.24, 2.45) is 0 Å². The molecule has 2 rings (SSSR count). The van der Waals surface area contributed by atoms with Gasteiger partial charge in [0.05, 0.1) is 5.69 Å². The number of nitrogens with two attached hydrogens (primary N) is 1. The number of pyridine rings is 1. The van der Waals surface area contributed by atoms with Crippen molar-refractivity contribution in [2.75, 3.05) is 12.3 Å². The van der Waals surface area contributed by atoms with Gasteiger partial charge in [-0.15, -0.1) is 0 Å². The summed E-state index contributed by atoms with van der Waals surface area (Å²) in [5.74, 6) is 0. The number of hydrogen-bond acceptors (Lipinski definition) is 4. The van der Waals surface area contributed by atoms with Gasteiger partial charge in [0.15, 0.2) is 0 Å². The standard InChI is InChI=1S/C17H19N3O2/c18-15-9-11-19-16(12-15)8-4-5-10-20-17(21)22-13-14-6-2-1-3-7-14/h1-4,6-9,11-12H,5,10,13H2,(H2,18,19)(H,20,21). The number of anilines is 1. The number of nitrogens with one attached hydrogen (secondary N) is 1. The lowest BCUT2D eigenvalue weighted by Crippen LogP contribution is -2.24. The second-order valence-corrected chi connectivity index (χ2v) is 4.69. The Kier molecular flexibility index (Phi) is 5.99. The van der Waals surface area contributed by atoms with Gasteiger partial charge in [0.1, 0.15) is 6.61 Å². The van der Waals surface area contributed by atoms with E-state index in [2.05, 4.69) is 10.3 Å². The quantitative estimate of drug-likeness (QED) is 0.804. The Balaban J connectivity index is 1.63. The Morgan fingerprint density at radius 3 is 2.86 bits per heavy atom. The van der Waals surface area contributed by atoms with E-state index >= 15 is 0 Å². The molecule has 1 aromatic heterocycles. The number of rotatable bonds is 6. The Morgan fingerprint density at radius 2 is 2.09 bits per heavy atom. The highest BCUT2D eigenvalue weighted by Crippen LogP contribution is 2.05. The molecule has 1 aromatic carbocycles. The maximum Gasteiger partial charge on any atom is 0.407 e. The van der Waals surface area contributed by atoms with Crippen LogP contribution in [0.3, 0.4) is 0 Å². The van der Waals surface area contributed by atoms with Crippen LogP contribution in [0.25, 0.3) is 6.08 Å². The van der Waals surface area contributed by atoms with Crippen LogP contribution < -0.4 is 11.1 Å². The van der Waals surface area contributed by atoms with E-state index in [-0.39, 0.29) is 6.61 Å². The summed E-state index contributed by atoms with van der Waals surface area (Å²) in [4.78, 5) is 15.7. The second kappa shape index (κ2) is 8.46. The molecule has 114 valence electrons. The molecule has 0 unspecified atom stereocenters. The van der Waals surface area contributed by atoms with E-state index < -0.39 is 6.09 Å². The number of nitrogens with zero attached hydrogens (tertiary/aromatic N) is 1. The third kappa shape index (κ3) is 5.66. The first-order valence-electron chi connectivity index (χ1n) is 7.06. The van der Waals surface area contributed by atoms with E-state index in [0.717, 1.165) is 11.3 Å². The van der Waals surface area contributed by atoms with Crippen LogP contribution in [0.15, 0.2) is 54.7 Å². The van der Waals surface area contributed by atoms with Gasteiger partial charge in [0, 0.05) is 18.4 Å². The fraction of sp³-hybridized carbons (Fsp3) is 0.176. The fourth-order valence-corrected chi connectivity index (χ4v) is 1.79. The normalized spacial score (nSPS) is 10.5. The first-order valence-corrected chi connectivity index (χ1v) is 7.06. The lowest BCUT2D eigenvalue weighted by atomic mass is 10.2. The molecule has 5 nitrogen and oxygen atoms in total. The van der Waals surface area contributed by atoms with Gasteiger partial charge in [-0.3, -0.25) is 4.98 Å². The van der Waals surface area contributed by atoms with Crippen LogP contribution in [-0.2, 0) is 11.3 Å². The molecule has 3 N–H and O–H groups in total. The van der Waals surface area contributed by atoms with E-state index in [1.165, 1.54) is 0 Å². The van der Waals surface area contributed by atoms with Crippen molar-refractivity contribution in [3.05, 3.63) is 66.0 Å². The number of carbonyl (C=O) groups is 1. The Hall–Kier alpha value is -2.82. The molecule has 0 atom stereocenters. The van der Waals surface area contributed by atoms with Crippen LogP contribution in [0.4, 0.5) is 10.5 Å². The predicted octanol–water partition coefficient (Wildman–Crippen LogP) is 2.99. The van der Waals surface area contributed by atoms with Crippen LogP contribution in [0.2, 0.25) is 0 Å². The van der Waals surface area contributed by atoms with E-state index in [0.29, 0.717) is 18.7 Å². The van der Waals surface area contributed by atoms with Crippen molar-refractivity contribution in [3.8, 4) is 0 Å². The van der Waals surface area contributed by atoms with Gasteiger partial charge >= 0.3 is 6.09 Å². The SMILES string of the molecule is Nc1ccnc(C=CCCNC(=O)OCc2ccccc2)c1. The Labute approximate surface area is 129 Å². The minimum atomic E-state index is -0.417. The van der Waals surface area contributed by atoms with Gasteiger partial charge in [-0.2, -0.15) is 0 Å². The molecule has 0 aliphatic heterocycles. The molecule has 0 spiro atoms. The second-order valence-electron chi connectivity index (χ2n) is 4.69. The summed E-state index contributed by atoms with van der Waals surface area (Å²) in [7, 11) is 0. The van der Waals surface area contributed by atoms with Gasteiger partial charge in [-0.1, -0.05) is 36.4 Å². The number of amides is 1. The molecule has 0 saturated carbocycles. The molecule has 0 bridgehead atoms. The summed E-state index contributed by atoms with van der Waals surface area (Å²) in [6.07, 6.45) is 5.73. The lowest BCUT2D eigenvalue weighted by molar-refractivity contribution is 0.140. The van der Waals surface area contributed by atoms with Crippen LogP contribution in [0.5, 0.6) is 0 Å². The molecule has 0 aliphatic carbocycles. The molecule has 0 aliphatic rings. The zero-order valence-electron chi connectivity index (χ0n) is 12.2. The maximum atomic E-state index is 11.5. The Bertz CT molecular complexity index is 627. The van der Waals surface area contributed by atoms with Crippen molar-refractivity contribution in [3.63, 3.8) is 0 Å². The molecule has 0 saturated heterocycles. The molecule has 2 aromatic rings. The molecule has 5 heteroatoms. The molecule has 0 fully saturated rings. The van der Waals surface area contributed by atoms with Crippen molar-refractivity contribution in [1.82, 2.24) is 10.3 Å². The number of aromatic nitrogens is 1. The minimum Gasteiger partial charge on any atom is -0.445 e. The number of carbonyl (C=O) groups excluding carboxylic acids is 1. The molecular weight excluding hydrogens is 278 g/mol. The lowest BCUT2D eigenvalue weighted by Gasteiger charge is -2.05. The minimum absolute atomic E-state index is 0.274. The number of nitrogen functional groups attached to an aromatic ring is 1. The third-order valence-corrected chi connectivity index (χ3v) is 2.89. The van der Waals surface area contributed by atoms with Crippen LogP contribution in [0.1, 0.15) is 17.7 Å². The summed E-state index contributed by atoms with van der Waals surface area (Å²) < 4.78 is 5.11. The predicted molar refractivity (Wildman–Crippen MR) is 86.9 cm³/mol. The van der Waals surface area contributed by atoms with Gasteiger partial charge in [-0.25, -0.2) is 4.79 Å². The van der Waals surface area contributed by atoms with Crippen molar-refractivity contribution < 1.29 is 9.53 Å². The summed E-state index contributed by atoms with van der Waals surface area (Å²) in [6, 6.07) is 13.1. The van der Waals surface area contributed by atoms with Gasteiger partial charge in [-0.05, 0) is 30.2 Å². The van der Waals surface area contributed by atoms with Crippen molar-refractivity contribution in [2.45, 2.75) is 13.0 Å². The van der Waals surface area contributed by atoms with Crippen LogP contribution in [-0.4, -0.2) is 17.6 Å². The monoisotopic (exact) mass is 297 g/mol. The largest absolute Gasteiger partial charge is 0.445 e. The number of alkyl carbamates (subject to hydrolysis) is 1. The van der Waals surface area contributed by atoms with E-state index in [4.69, 9.17) is 10.5 Å². The fourth-order valence-electron chi connectivity index (χ4n) is 1.79. The van der Waals surface area contributed by atoms with Crippen LogP contribution >= 0.6 is 0 Å². The smallest absolute Gasteiger partial charge is 0.407 e. The molecule has 22 heavy (non-hydrogen) atoms. The average Bonchev–Trinajstić information content (AvgIpc) is 2.54. The molecule has 0 radical (unpaired) electrons. The summed E-state index contributed by atoms with van der Waals surface area (Å²) in [5, 5.41) is 2.69. The van der Waals surface area contributed by atoms with Gasteiger partial charge < -0.3 is 15.8 Å². The topological polar surface area (TPSA) is 77.2 Å². The number of benzene rings is 1. The van der Waals surface area contributed by atoms with E-state index in [1.54, 1.807) is 18.3 Å². The zero-order valence-corrected chi connectivity index (χ0v) is 12.2. The Morgan fingerprint density at radius 1 is 1.27 bits per heavy atom. The summed E-state index contributed by atoms with van der Waals surface area (Å²) in [5.41, 5.74) is 8.10. The number of ether oxygens (including phenoxy) is 1. The highest BCUT2D eigenvalue weighted by Gasteiger charge is 2.00. The third-order valence-electron chi connectivity index (χ3n) is 2.89. The molecular formula is C17H19N3O2. The average molecular weight is 297 g/mol. The first kappa shape index (κ1) is 15.6. The summed E-state index contributed by atoms with van der Waals surface area (Å²) >= 11 is 0. The molecule has 1 heterocycles. The number of hydrogen-bond donors (Lipinski definition) is 2. The summed E-state index contributed by atoms with van der Waals surface area (Å²) in [6.45, 7) is 0.780. The van der Waals surface area contributed by atoms with Crippen molar-refractivity contribution in [1.29, 1.82) is 0 Å². The van der Waals surface area contributed by atoms with Crippen LogP contribution in [0, 0.1) is 0 Å². The first-order chi connectivity index (χ1) is 10.7. The van der Waals surface area contributed by atoms with E-state index in [1.807, 2.05) is 42.5 Å². The van der Waals surface area contributed by atoms with Crippen molar-refractivity contribution >= 4 is 17.9 Å². The van der Waals surface area contributed by atoms with E-state index in [9.17, 15) is 4.79 Å². The van der Waals surface area contributed by atoms with Gasteiger partial charge in [0.2, 0.25) is 0 Å². The van der Waals surface area contributed by atoms with Gasteiger partial charge in [0.25, 0.3) is 0 Å². The highest BCUT2D eigenvalue weighted by molar-refractivity contribution is 5.67. The zero-order chi connectivity index (χ0) is 15.6.